The first-order valence-electron chi connectivity index (χ1n) is 5.68. The topological polar surface area (TPSA) is 147 Å². The lowest BCUT2D eigenvalue weighted by molar-refractivity contribution is 0.00818. The molecule has 14 heteroatoms. The second-order valence-electron chi connectivity index (χ2n) is 3.56. The Morgan fingerprint density at radius 2 is 1.52 bits per heavy atom. The van der Waals surface area contributed by atoms with E-state index in [0.717, 1.165) is 6.42 Å². The van der Waals surface area contributed by atoms with Crippen LogP contribution in [0.25, 0.3) is 0 Å². The van der Waals surface area contributed by atoms with Gasteiger partial charge in [-0.3, -0.25) is 13.7 Å². The predicted molar refractivity (Wildman–Crippen MR) is 75.8 cm³/mol. The highest BCUT2D eigenvalue weighted by Gasteiger charge is 2.00. The van der Waals surface area contributed by atoms with Gasteiger partial charge >= 0.3 is 17.1 Å². The van der Waals surface area contributed by atoms with E-state index in [4.69, 9.17) is 22.1 Å². The van der Waals surface area contributed by atoms with E-state index < -0.39 is 27.2 Å². The fraction of sp³-hybridized carbons (Fsp3) is 0.667. The van der Waals surface area contributed by atoms with Crippen molar-refractivity contribution in [3.05, 3.63) is 18.7 Å². The van der Waals surface area contributed by atoms with Crippen molar-refractivity contribution in [1.29, 1.82) is 0 Å². The molecule has 1 rings (SSSR count). The van der Waals surface area contributed by atoms with Crippen LogP contribution in [0.1, 0.15) is 19.8 Å². The lowest BCUT2D eigenvalue weighted by Gasteiger charge is -1.90. The predicted octanol–water partition coefficient (Wildman–Crippen LogP) is 1.62. The minimum Gasteiger partial charge on any atom is -0.341 e. The van der Waals surface area contributed by atoms with E-state index in [2.05, 4.69) is 4.98 Å². The average molecular weight is 388 g/mol. The largest absolute Gasteiger partial charge is 0.394 e. The van der Waals surface area contributed by atoms with E-state index in [9.17, 15) is 21.6 Å². The minimum absolute atomic E-state index is 0.108. The summed E-state index contributed by atoms with van der Waals surface area (Å²) in [4.78, 5) is 3.78. The molecule has 1 aromatic rings. The molecule has 0 aliphatic heterocycles. The van der Waals surface area contributed by atoms with Gasteiger partial charge in [0.15, 0.2) is 0 Å². The zero-order valence-electron chi connectivity index (χ0n) is 12.3. The molecule has 140 valence electrons. The fourth-order valence-electron chi connectivity index (χ4n) is 0.653. The van der Waals surface area contributed by atoms with Crippen LogP contribution in [0.15, 0.2) is 18.7 Å². The van der Waals surface area contributed by atoms with Gasteiger partial charge in [0, 0.05) is 19.4 Å². The zero-order chi connectivity index (χ0) is 19.1. The van der Waals surface area contributed by atoms with Crippen LogP contribution in [0, 0.1) is 0 Å². The Morgan fingerprint density at radius 1 is 1.13 bits per heavy atom. The monoisotopic (exact) mass is 388 g/mol. The first-order chi connectivity index (χ1) is 10.2. The van der Waals surface area contributed by atoms with Gasteiger partial charge in [0.05, 0.1) is 12.1 Å². The van der Waals surface area contributed by atoms with Gasteiger partial charge in [-0.05, 0) is 6.42 Å². The highest BCUT2D eigenvalue weighted by Crippen LogP contribution is 1.90. The molecular formula is C9H19F3N2O7S2. The number of hydrogen-bond acceptors (Lipinski definition) is 5. The summed E-state index contributed by atoms with van der Waals surface area (Å²) in [5, 5.41) is 0. The number of imidazole rings is 1. The molecule has 0 aliphatic carbocycles. The molecule has 0 aromatic carbocycles. The third-order valence-corrected chi connectivity index (χ3v) is 2.20. The molecule has 0 spiro atoms. The molecule has 0 unspecified atom stereocenters. The van der Waals surface area contributed by atoms with Gasteiger partial charge in [0.25, 0.3) is 10.1 Å². The molecule has 0 aliphatic rings. The van der Waals surface area contributed by atoms with E-state index in [-0.39, 0.29) is 5.75 Å². The summed E-state index contributed by atoms with van der Waals surface area (Å²) < 4.78 is 90.5. The molecular weight excluding hydrogens is 369 g/mol. The normalized spacial score (nSPS) is 10.5. The molecule has 0 bridgehead atoms. The number of aryl methyl sites for hydroxylation is 1. The summed E-state index contributed by atoms with van der Waals surface area (Å²) >= 11 is 0. The number of unbranched alkanes of at least 4 members (excludes halogenated alkanes) is 1. The molecule has 9 nitrogen and oxygen atoms in total. The summed E-state index contributed by atoms with van der Waals surface area (Å²) in [6.45, 7) is -1.80. The zero-order valence-corrected chi connectivity index (χ0v) is 13.9. The van der Waals surface area contributed by atoms with Gasteiger partial charge in [-0.1, -0.05) is 13.3 Å². The van der Waals surface area contributed by atoms with Crippen molar-refractivity contribution in [1.82, 2.24) is 9.55 Å². The second kappa shape index (κ2) is 14.4. The summed E-state index contributed by atoms with van der Waals surface area (Å²) in [6.07, 6.45) is 6.72. The molecule has 1 heterocycles. The quantitative estimate of drug-likeness (QED) is 0.662. The van der Waals surface area contributed by atoms with E-state index in [0.29, 0.717) is 6.42 Å². The number of hydrogen-bond donors (Lipinski definition) is 3. The van der Waals surface area contributed by atoms with Crippen molar-refractivity contribution in [3.63, 3.8) is 0 Å². The molecule has 0 saturated heterocycles. The SMILES string of the molecule is CCCCS(=O)(=O)O.Cn1ccnc1.FC(F)F.O=S(=O)(O)O. The first-order valence-corrected chi connectivity index (χ1v) is 8.68. The Balaban J connectivity index is -0.000000240. The van der Waals surface area contributed by atoms with Crippen molar-refractivity contribution >= 4 is 20.5 Å². The molecule has 0 atom stereocenters. The van der Waals surface area contributed by atoms with E-state index in [1.165, 1.54) is 0 Å². The van der Waals surface area contributed by atoms with E-state index >= 15 is 0 Å². The molecule has 3 N–H and O–H groups in total. The van der Waals surface area contributed by atoms with Crippen molar-refractivity contribution in [3.8, 4) is 0 Å². The highest BCUT2D eigenvalue weighted by molar-refractivity contribution is 7.85. The summed E-state index contributed by atoms with van der Waals surface area (Å²) in [7, 11) is -6.42. The highest BCUT2D eigenvalue weighted by atomic mass is 32.3. The third kappa shape index (κ3) is 63.1. The van der Waals surface area contributed by atoms with Gasteiger partial charge in [-0.15, -0.1) is 0 Å². The molecule has 23 heavy (non-hydrogen) atoms. The lowest BCUT2D eigenvalue weighted by Crippen LogP contribution is -2.02. The third-order valence-electron chi connectivity index (χ3n) is 1.39. The molecule has 0 radical (unpaired) electrons. The Labute approximate surface area is 132 Å². The van der Waals surface area contributed by atoms with Crippen LogP contribution in [-0.2, 0) is 27.6 Å². The summed E-state index contributed by atoms with van der Waals surface area (Å²) in [6, 6.07) is 0. The van der Waals surface area contributed by atoms with Gasteiger partial charge < -0.3 is 4.57 Å². The standard InChI is InChI=1S/C4H6N2.C4H10O3S.CHF3.H2O4S/c1-6-3-2-5-4-6;1-2-3-4-8(5,6)7;2-1(3)4;1-5(2,3)4/h2-4H,1H3;2-4H2,1H3,(H,5,6,7);1H;(H2,1,2,3,4). The Bertz CT molecular complexity index is 551. The van der Waals surface area contributed by atoms with Crippen LogP contribution in [0.5, 0.6) is 0 Å². The molecule has 0 saturated carbocycles. The Hall–Kier alpha value is -1.22. The van der Waals surface area contributed by atoms with E-state index in [1.54, 1.807) is 12.5 Å². The number of aromatic nitrogens is 2. The van der Waals surface area contributed by atoms with Gasteiger partial charge in [0.1, 0.15) is 0 Å². The maximum absolute atomic E-state index is 9.95. The lowest BCUT2D eigenvalue weighted by atomic mass is 10.4. The van der Waals surface area contributed by atoms with Crippen LogP contribution in [0.2, 0.25) is 0 Å². The van der Waals surface area contributed by atoms with Gasteiger partial charge in [-0.2, -0.15) is 30.0 Å². The van der Waals surface area contributed by atoms with Crippen molar-refractivity contribution in [2.45, 2.75) is 26.4 Å². The van der Waals surface area contributed by atoms with Gasteiger partial charge in [-0.25, -0.2) is 4.98 Å². The fourth-order valence-corrected chi connectivity index (χ4v) is 1.31. The van der Waals surface area contributed by atoms with Crippen molar-refractivity contribution in [2.75, 3.05) is 5.75 Å². The van der Waals surface area contributed by atoms with Crippen molar-refractivity contribution < 1.29 is 43.7 Å². The smallest absolute Gasteiger partial charge is 0.341 e. The minimum atomic E-state index is -4.67. The second-order valence-corrected chi connectivity index (χ2v) is 6.03. The van der Waals surface area contributed by atoms with Crippen LogP contribution in [-0.4, -0.2) is 52.5 Å². The van der Waals surface area contributed by atoms with Crippen LogP contribution in [0.3, 0.4) is 0 Å². The molecule has 0 fully saturated rings. The number of rotatable bonds is 3. The first kappa shape index (κ1) is 26.7. The van der Waals surface area contributed by atoms with Crippen LogP contribution < -0.4 is 0 Å². The number of halogens is 3. The molecule has 1 aromatic heterocycles. The van der Waals surface area contributed by atoms with E-state index in [1.807, 2.05) is 24.7 Å². The number of alkyl halides is 3. The Kier molecular flexibility index (Phi) is 16.7. The molecule has 0 amide bonds. The summed E-state index contributed by atoms with van der Waals surface area (Å²) in [5.41, 5.74) is 0. The van der Waals surface area contributed by atoms with Crippen LogP contribution in [0.4, 0.5) is 13.2 Å². The maximum atomic E-state index is 9.95. The van der Waals surface area contributed by atoms with Crippen molar-refractivity contribution in [2.24, 2.45) is 7.05 Å². The van der Waals surface area contributed by atoms with Gasteiger partial charge in [0.2, 0.25) is 0 Å². The summed E-state index contributed by atoms with van der Waals surface area (Å²) in [5.74, 6) is -0.108. The Morgan fingerprint density at radius 3 is 1.61 bits per heavy atom. The maximum Gasteiger partial charge on any atom is 0.394 e. The average Bonchev–Trinajstić information content (AvgIpc) is 2.74. The number of nitrogens with zero attached hydrogens (tertiary/aromatic N) is 2. The van der Waals surface area contributed by atoms with Crippen LogP contribution >= 0.6 is 0 Å².